The second-order valence-electron chi connectivity index (χ2n) is 4.47. The number of nitrogens with two attached hydrogens (primary N) is 1. The normalized spacial score (nSPS) is 10.3. The van der Waals surface area contributed by atoms with Crippen LogP contribution in [-0.2, 0) is 0 Å². The lowest BCUT2D eigenvalue weighted by Gasteiger charge is -2.11. The minimum absolute atomic E-state index is 0.267. The van der Waals surface area contributed by atoms with Crippen LogP contribution >= 0.6 is 23.4 Å². The van der Waals surface area contributed by atoms with Crippen LogP contribution in [0.3, 0.4) is 0 Å². The van der Waals surface area contributed by atoms with Crippen LogP contribution in [-0.4, -0.2) is 17.6 Å². The fraction of sp³-hybridized carbons (Fsp3) is 0.125. The van der Waals surface area contributed by atoms with Gasteiger partial charge >= 0.3 is 0 Å². The highest BCUT2D eigenvalue weighted by molar-refractivity contribution is 7.99. The first kappa shape index (κ1) is 16.4. The Labute approximate surface area is 138 Å². The predicted molar refractivity (Wildman–Crippen MR) is 90.8 cm³/mol. The van der Waals surface area contributed by atoms with E-state index in [1.165, 1.54) is 12.1 Å². The summed E-state index contributed by atoms with van der Waals surface area (Å²) in [6, 6.07) is 11.6. The maximum Gasteiger partial charge on any atom is 0.255 e. The van der Waals surface area contributed by atoms with E-state index < -0.39 is 5.91 Å². The van der Waals surface area contributed by atoms with Gasteiger partial charge in [0.15, 0.2) is 0 Å². The third-order valence-electron chi connectivity index (χ3n) is 2.92. The number of anilines is 1. The van der Waals surface area contributed by atoms with Crippen LogP contribution < -0.4 is 11.1 Å². The van der Waals surface area contributed by atoms with Crippen molar-refractivity contribution in [2.24, 2.45) is 5.73 Å². The summed E-state index contributed by atoms with van der Waals surface area (Å²) in [7, 11) is 0. The summed E-state index contributed by atoms with van der Waals surface area (Å²) in [4.78, 5) is 24.3. The van der Waals surface area contributed by atoms with E-state index in [1.807, 2.05) is 13.0 Å². The number of rotatable bonds is 5. The van der Waals surface area contributed by atoms with Gasteiger partial charge in [0.1, 0.15) is 0 Å². The molecule has 0 saturated carbocycles. The predicted octanol–water partition coefficient (Wildman–Crippen LogP) is 3.80. The van der Waals surface area contributed by atoms with E-state index in [9.17, 15) is 9.59 Å². The summed E-state index contributed by atoms with van der Waals surface area (Å²) in [6.45, 7) is 2.04. The average Bonchev–Trinajstić information content (AvgIpc) is 2.50. The lowest BCUT2D eigenvalue weighted by molar-refractivity contribution is 0.0995. The molecule has 0 aromatic heterocycles. The number of benzene rings is 2. The Morgan fingerprint density at radius 1 is 1.14 bits per heavy atom. The highest BCUT2D eigenvalue weighted by Crippen LogP contribution is 2.30. The standard InChI is InChI=1S/C16H15ClN2O2S/c1-2-22-14-8-7-12(17)9-13(14)19-16(21)11-5-3-10(4-6-11)15(18)20/h3-9H,2H2,1H3,(H2,18,20)(H,19,21). The van der Waals surface area contributed by atoms with E-state index in [1.54, 1.807) is 36.0 Å². The topological polar surface area (TPSA) is 72.2 Å². The van der Waals surface area contributed by atoms with E-state index in [0.29, 0.717) is 21.8 Å². The number of halogens is 1. The molecule has 0 bridgehead atoms. The molecule has 0 atom stereocenters. The molecule has 0 heterocycles. The zero-order valence-corrected chi connectivity index (χ0v) is 13.5. The van der Waals surface area contributed by atoms with Gasteiger partial charge in [0.25, 0.3) is 5.91 Å². The van der Waals surface area contributed by atoms with Gasteiger partial charge in [-0.3, -0.25) is 9.59 Å². The molecule has 22 heavy (non-hydrogen) atoms. The summed E-state index contributed by atoms with van der Waals surface area (Å²) >= 11 is 7.61. The van der Waals surface area contributed by atoms with Crippen molar-refractivity contribution in [3.8, 4) is 0 Å². The van der Waals surface area contributed by atoms with Gasteiger partial charge in [-0.2, -0.15) is 0 Å². The smallest absolute Gasteiger partial charge is 0.255 e. The molecule has 0 unspecified atom stereocenters. The quantitative estimate of drug-likeness (QED) is 0.817. The van der Waals surface area contributed by atoms with Crippen LogP contribution in [0.25, 0.3) is 0 Å². The molecule has 2 rings (SSSR count). The number of amides is 2. The van der Waals surface area contributed by atoms with Crippen molar-refractivity contribution < 1.29 is 9.59 Å². The second kappa shape index (κ2) is 7.33. The number of hydrogen-bond acceptors (Lipinski definition) is 3. The molecule has 2 aromatic rings. The van der Waals surface area contributed by atoms with Crippen molar-refractivity contribution in [1.29, 1.82) is 0 Å². The molecular weight excluding hydrogens is 320 g/mol. The van der Waals surface area contributed by atoms with Crippen molar-refractivity contribution in [3.63, 3.8) is 0 Å². The zero-order chi connectivity index (χ0) is 16.1. The molecule has 0 aliphatic carbocycles. The molecule has 114 valence electrons. The first-order valence-corrected chi connectivity index (χ1v) is 8.01. The van der Waals surface area contributed by atoms with Crippen molar-refractivity contribution >= 4 is 40.9 Å². The number of nitrogens with one attached hydrogen (secondary N) is 1. The average molecular weight is 335 g/mol. The van der Waals surface area contributed by atoms with Gasteiger partial charge in [0, 0.05) is 21.0 Å². The molecule has 0 radical (unpaired) electrons. The molecule has 0 aliphatic rings. The first-order valence-electron chi connectivity index (χ1n) is 6.65. The lowest BCUT2D eigenvalue weighted by Crippen LogP contribution is -2.14. The Hall–Kier alpha value is -1.98. The van der Waals surface area contributed by atoms with Gasteiger partial charge in [0.05, 0.1) is 5.69 Å². The molecule has 2 aromatic carbocycles. The summed E-state index contributed by atoms with van der Waals surface area (Å²) in [5.41, 5.74) is 6.65. The Morgan fingerprint density at radius 2 is 1.77 bits per heavy atom. The molecule has 4 nitrogen and oxygen atoms in total. The van der Waals surface area contributed by atoms with E-state index in [-0.39, 0.29) is 5.91 Å². The van der Waals surface area contributed by atoms with Crippen molar-refractivity contribution in [3.05, 3.63) is 58.6 Å². The monoisotopic (exact) mass is 334 g/mol. The molecule has 0 spiro atoms. The third kappa shape index (κ3) is 4.02. The van der Waals surface area contributed by atoms with E-state index >= 15 is 0 Å². The Bertz CT molecular complexity index is 702. The van der Waals surface area contributed by atoms with Crippen LogP contribution in [0.1, 0.15) is 27.6 Å². The van der Waals surface area contributed by atoms with Gasteiger partial charge in [-0.15, -0.1) is 11.8 Å². The lowest BCUT2D eigenvalue weighted by atomic mass is 10.1. The molecule has 0 saturated heterocycles. The van der Waals surface area contributed by atoms with Crippen LogP contribution in [0.5, 0.6) is 0 Å². The molecule has 0 fully saturated rings. The number of carbonyl (C=O) groups excluding carboxylic acids is 2. The fourth-order valence-corrected chi connectivity index (χ4v) is 2.77. The summed E-state index contributed by atoms with van der Waals surface area (Å²) in [5, 5.41) is 3.40. The number of primary amides is 1. The largest absolute Gasteiger partial charge is 0.366 e. The maximum absolute atomic E-state index is 12.3. The van der Waals surface area contributed by atoms with Crippen LogP contribution in [0.2, 0.25) is 5.02 Å². The Morgan fingerprint density at radius 3 is 2.36 bits per heavy atom. The highest BCUT2D eigenvalue weighted by atomic mass is 35.5. The van der Waals surface area contributed by atoms with Crippen molar-refractivity contribution in [2.75, 3.05) is 11.1 Å². The van der Waals surface area contributed by atoms with Crippen molar-refractivity contribution in [2.45, 2.75) is 11.8 Å². The minimum Gasteiger partial charge on any atom is -0.366 e. The SMILES string of the molecule is CCSc1ccc(Cl)cc1NC(=O)c1ccc(C(N)=O)cc1. The van der Waals surface area contributed by atoms with Gasteiger partial charge in [0.2, 0.25) is 5.91 Å². The Kier molecular flexibility index (Phi) is 5.46. The molecule has 6 heteroatoms. The fourth-order valence-electron chi connectivity index (χ4n) is 1.86. The summed E-state index contributed by atoms with van der Waals surface area (Å²) in [5.74, 6) is 0.0947. The number of thioether (sulfide) groups is 1. The van der Waals surface area contributed by atoms with Gasteiger partial charge in [-0.05, 0) is 48.2 Å². The third-order valence-corrected chi connectivity index (χ3v) is 4.11. The van der Waals surface area contributed by atoms with Gasteiger partial charge in [-0.25, -0.2) is 0 Å². The number of hydrogen-bond donors (Lipinski definition) is 2. The van der Waals surface area contributed by atoms with Crippen LogP contribution in [0.15, 0.2) is 47.4 Å². The summed E-state index contributed by atoms with van der Waals surface area (Å²) in [6.07, 6.45) is 0. The van der Waals surface area contributed by atoms with Gasteiger partial charge in [-0.1, -0.05) is 18.5 Å². The molecule has 0 aliphatic heterocycles. The Balaban J connectivity index is 2.21. The van der Waals surface area contributed by atoms with Gasteiger partial charge < -0.3 is 11.1 Å². The van der Waals surface area contributed by atoms with E-state index in [0.717, 1.165) is 10.6 Å². The molecule has 2 amide bonds. The van der Waals surface area contributed by atoms with E-state index in [2.05, 4.69) is 5.32 Å². The first-order chi connectivity index (χ1) is 10.5. The van der Waals surface area contributed by atoms with E-state index in [4.69, 9.17) is 17.3 Å². The second-order valence-corrected chi connectivity index (χ2v) is 6.21. The molecule has 3 N–H and O–H groups in total. The zero-order valence-electron chi connectivity index (χ0n) is 11.9. The highest BCUT2D eigenvalue weighted by Gasteiger charge is 2.11. The summed E-state index contributed by atoms with van der Waals surface area (Å²) < 4.78 is 0. The van der Waals surface area contributed by atoms with Crippen molar-refractivity contribution in [1.82, 2.24) is 0 Å². The maximum atomic E-state index is 12.3. The van der Waals surface area contributed by atoms with Crippen LogP contribution in [0, 0.1) is 0 Å². The number of carbonyl (C=O) groups is 2. The van der Waals surface area contributed by atoms with Crippen LogP contribution in [0.4, 0.5) is 5.69 Å². The molecular formula is C16H15ClN2O2S. The minimum atomic E-state index is -0.525.